The van der Waals surface area contributed by atoms with E-state index in [1.165, 1.54) is 19.3 Å². The van der Waals surface area contributed by atoms with Gasteiger partial charge in [-0.25, -0.2) is 0 Å². The predicted octanol–water partition coefficient (Wildman–Crippen LogP) is 1.15. The molecule has 3 aliphatic rings. The summed E-state index contributed by atoms with van der Waals surface area (Å²) in [4.78, 5) is 0. The maximum absolute atomic E-state index is 10.7. The first-order valence-electron chi connectivity index (χ1n) is 4.34. The summed E-state index contributed by atoms with van der Waals surface area (Å²) < 4.78 is 26.3. The third kappa shape index (κ3) is 1.50. The number of rotatable bonds is 3. The summed E-state index contributed by atoms with van der Waals surface area (Å²) in [5.41, 5.74) is 0.244. The van der Waals surface area contributed by atoms with Gasteiger partial charge in [0.25, 0.3) is 10.1 Å². The smallest absolute Gasteiger partial charge is 0.264 e. The summed E-state index contributed by atoms with van der Waals surface area (Å²) in [5, 5.41) is 0. The highest BCUT2D eigenvalue weighted by atomic mass is 32.2. The fourth-order valence-electron chi connectivity index (χ4n) is 2.51. The van der Waals surface area contributed by atoms with E-state index in [0.717, 1.165) is 18.6 Å². The highest BCUT2D eigenvalue weighted by molar-refractivity contribution is 7.85. The molecule has 0 N–H and O–H groups in total. The van der Waals surface area contributed by atoms with Crippen LogP contribution >= 0.6 is 0 Å². The Morgan fingerprint density at radius 3 is 2.58 bits per heavy atom. The third-order valence-corrected chi connectivity index (χ3v) is 3.65. The predicted molar refractivity (Wildman–Crippen MR) is 45.2 cm³/mol. The summed E-state index contributed by atoms with van der Waals surface area (Å²) in [5.74, 6) is 0.869. The van der Waals surface area contributed by atoms with Gasteiger partial charge in [0, 0.05) is 0 Å². The summed E-state index contributed by atoms with van der Waals surface area (Å²) in [6.45, 7) is 0.419. The van der Waals surface area contributed by atoms with Gasteiger partial charge in [-0.2, -0.15) is 8.42 Å². The van der Waals surface area contributed by atoms with Crippen LogP contribution in [0.2, 0.25) is 0 Å². The monoisotopic (exact) mass is 190 g/mol. The van der Waals surface area contributed by atoms with Crippen LogP contribution < -0.4 is 0 Å². The van der Waals surface area contributed by atoms with E-state index in [4.69, 9.17) is 4.18 Å². The molecule has 0 aromatic rings. The van der Waals surface area contributed by atoms with E-state index in [0.29, 0.717) is 6.61 Å². The Morgan fingerprint density at radius 1 is 1.50 bits per heavy atom. The van der Waals surface area contributed by atoms with Crippen molar-refractivity contribution >= 4 is 10.1 Å². The maximum atomic E-state index is 10.7. The van der Waals surface area contributed by atoms with Crippen LogP contribution in [0, 0.1) is 11.3 Å². The molecule has 0 spiro atoms. The lowest BCUT2D eigenvalue weighted by Crippen LogP contribution is -2.33. The van der Waals surface area contributed by atoms with Crippen molar-refractivity contribution in [2.75, 3.05) is 12.9 Å². The lowest BCUT2D eigenvalue weighted by atomic mass is 9.70. The van der Waals surface area contributed by atoms with E-state index in [1.807, 2.05) is 0 Å². The minimum atomic E-state index is -3.23. The van der Waals surface area contributed by atoms with Crippen LogP contribution in [0.1, 0.15) is 25.7 Å². The number of hydrogen-bond acceptors (Lipinski definition) is 3. The van der Waals surface area contributed by atoms with Crippen molar-refractivity contribution in [3.8, 4) is 0 Å². The second-order valence-corrected chi connectivity index (χ2v) is 5.92. The Labute approximate surface area is 73.2 Å². The van der Waals surface area contributed by atoms with Gasteiger partial charge >= 0.3 is 0 Å². The van der Waals surface area contributed by atoms with Crippen LogP contribution in [-0.4, -0.2) is 21.3 Å². The minimum absolute atomic E-state index is 0.244. The highest BCUT2D eigenvalue weighted by Crippen LogP contribution is 2.58. The van der Waals surface area contributed by atoms with Gasteiger partial charge < -0.3 is 0 Å². The Bertz CT molecular complexity index is 269. The lowest BCUT2D eigenvalue weighted by molar-refractivity contribution is 0.0730. The SMILES string of the molecule is CS(=O)(=O)OCC12CCC(C1)C2. The molecule has 3 rings (SSSR count). The molecule has 2 bridgehead atoms. The topological polar surface area (TPSA) is 43.4 Å². The van der Waals surface area contributed by atoms with Crippen LogP contribution in [-0.2, 0) is 14.3 Å². The second kappa shape index (κ2) is 2.45. The van der Waals surface area contributed by atoms with Gasteiger partial charge in [-0.05, 0) is 37.0 Å². The Morgan fingerprint density at radius 2 is 2.17 bits per heavy atom. The summed E-state index contributed by atoms with van der Waals surface area (Å²) in [7, 11) is -3.23. The molecular weight excluding hydrogens is 176 g/mol. The molecule has 3 nitrogen and oxygen atoms in total. The molecule has 0 unspecified atom stereocenters. The van der Waals surface area contributed by atoms with Gasteiger partial charge in [-0.3, -0.25) is 4.18 Å². The van der Waals surface area contributed by atoms with Crippen molar-refractivity contribution in [3.63, 3.8) is 0 Å². The molecule has 70 valence electrons. The van der Waals surface area contributed by atoms with E-state index in [1.54, 1.807) is 0 Å². The molecule has 0 heterocycles. The number of fused-ring (bicyclic) bond motifs is 1. The molecular formula is C8H14O3S. The first-order chi connectivity index (χ1) is 5.49. The van der Waals surface area contributed by atoms with E-state index in [2.05, 4.69) is 0 Å². The molecule has 0 radical (unpaired) electrons. The minimum Gasteiger partial charge on any atom is -0.270 e. The molecule has 12 heavy (non-hydrogen) atoms. The normalized spacial score (nSPS) is 39.6. The molecule has 0 saturated heterocycles. The average Bonchev–Trinajstić information content (AvgIpc) is 2.36. The van der Waals surface area contributed by atoms with Gasteiger partial charge in [-0.1, -0.05) is 0 Å². The molecule has 0 atom stereocenters. The fourth-order valence-corrected chi connectivity index (χ4v) is 2.97. The van der Waals surface area contributed by atoms with Crippen molar-refractivity contribution in [2.45, 2.75) is 25.7 Å². The molecule has 3 saturated carbocycles. The van der Waals surface area contributed by atoms with Gasteiger partial charge in [0.15, 0.2) is 0 Å². The average molecular weight is 190 g/mol. The molecule has 0 aliphatic heterocycles. The summed E-state index contributed by atoms with van der Waals surface area (Å²) in [6, 6.07) is 0. The molecule has 3 aliphatic carbocycles. The molecule has 0 amide bonds. The number of hydrogen-bond donors (Lipinski definition) is 0. The largest absolute Gasteiger partial charge is 0.270 e. The lowest BCUT2D eigenvalue weighted by Gasteiger charge is -2.37. The molecule has 0 aromatic carbocycles. The van der Waals surface area contributed by atoms with Gasteiger partial charge in [0.1, 0.15) is 0 Å². The zero-order valence-corrected chi connectivity index (χ0v) is 8.06. The van der Waals surface area contributed by atoms with Crippen molar-refractivity contribution in [1.29, 1.82) is 0 Å². The Hall–Kier alpha value is -0.0900. The van der Waals surface area contributed by atoms with E-state index in [-0.39, 0.29) is 5.41 Å². The standard InChI is InChI=1S/C8H14O3S/c1-12(9,10)11-6-8-3-2-7(4-8)5-8/h7H,2-6H2,1H3. The first kappa shape index (κ1) is 8.51. The van der Waals surface area contributed by atoms with Crippen molar-refractivity contribution in [1.82, 2.24) is 0 Å². The van der Waals surface area contributed by atoms with E-state index < -0.39 is 10.1 Å². The molecule has 0 aromatic heterocycles. The highest BCUT2D eigenvalue weighted by Gasteiger charge is 2.50. The van der Waals surface area contributed by atoms with Crippen LogP contribution in [0.15, 0.2) is 0 Å². The third-order valence-electron chi connectivity index (χ3n) is 3.11. The van der Waals surface area contributed by atoms with Crippen LogP contribution in [0.5, 0.6) is 0 Å². The second-order valence-electron chi connectivity index (χ2n) is 4.28. The van der Waals surface area contributed by atoms with Gasteiger partial charge in [0.2, 0.25) is 0 Å². The fraction of sp³-hybridized carbons (Fsp3) is 1.00. The molecule has 4 heteroatoms. The molecule has 3 fully saturated rings. The maximum Gasteiger partial charge on any atom is 0.264 e. The summed E-state index contributed by atoms with van der Waals surface area (Å²) in [6.07, 6.45) is 5.92. The van der Waals surface area contributed by atoms with Crippen LogP contribution in [0.25, 0.3) is 0 Å². The van der Waals surface area contributed by atoms with Crippen LogP contribution in [0.4, 0.5) is 0 Å². The Balaban J connectivity index is 1.88. The van der Waals surface area contributed by atoms with E-state index >= 15 is 0 Å². The quantitative estimate of drug-likeness (QED) is 0.627. The van der Waals surface area contributed by atoms with Gasteiger partial charge in [-0.15, -0.1) is 0 Å². The summed E-state index contributed by atoms with van der Waals surface area (Å²) >= 11 is 0. The Kier molecular flexibility index (Phi) is 1.74. The zero-order chi connectivity index (χ0) is 8.82. The van der Waals surface area contributed by atoms with Crippen molar-refractivity contribution < 1.29 is 12.6 Å². The van der Waals surface area contributed by atoms with E-state index in [9.17, 15) is 8.42 Å². The van der Waals surface area contributed by atoms with Crippen molar-refractivity contribution in [3.05, 3.63) is 0 Å². The zero-order valence-electron chi connectivity index (χ0n) is 7.25. The van der Waals surface area contributed by atoms with Gasteiger partial charge in [0.05, 0.1) is 12.9 Å². The first-order valence-corrected chi connectivity index (χ1v) is 6.15. The van der Waals surface area contributed by atoms with Crippen molar-refractivity contribution in [2.24, 2.45) is 11.3 Å². The van der Waals surface area contributed by atoms with Crippen LogP contribution in [0.3, 0.4) is 0 Å².